The molecule has 1 unspecified atom stereocenters. The Hall–Kier alpha value is -7.65. The highest BCUT2D eigenvalue weighted by molar-refractivity contribution is 7.92. The number of carbonyl (C=O) groups excluding carboxylic acids is 2. The van der Waals surface area contributed by atoms with Crippen molar-refractivity contribution in [2.24, 2.45) is 0 Å². The standard InChI is InChI=1S/C68H77FN8O18S4/c1-35-51-57(78)76(65(3,4)61(80)72-98(84,85)66(5)18-19-66)63(82)74(59(51)96-53(35)55-70-22-24-90-55)33-49(94-43-28-39-12-13-40(29-43)92-39)45-16-10-37(26-48(45)89-9)32-68(7,62(81)73-99(86,87)67(6)20-21-67)77-58(79)52-36(2)54(56-71-23-25-91-56)97-60(52)75(64(77)83)34-50(46-27-38(69)11-17-47(46)88-8)95-44-30-41-14-15-42(31-44)93-41/h10-11,16-17,22-27,39-44,49-50H,12-15,18-21,28-34H2,1-9H3,(H,72,80)(H,73,81)/t39-,40+,41-,42+,43-,44-,49-,50-,68?/m0/s1. The first kappa shape index (κ1) is 68.5. The Kier molecular flexibility index (Phi) is 17.4. The second-order valence-corrected chi connectivity index (χ2v) is 34.7. The summed E-state index contributed by atoms with van der Waals surface area (Å²) >= 11 is 2.07. The number of sulfonamides is 2. The number of aromatic nitrogens is 6. The molecule has 31 heteroatoms. The number of aryl methyl sites for hydroxylation is 2. The maximum atomic E-state index is 16.3. The van der Waals surface area contributed by atoms with Crippen LogP contribution >= 0.6 is 22.7 Å². The van der Waals surface area contributed by atoms with Gasteiger partial charge in [-0.25, -0.2) is 49.9 Å². The molecule has 9 atom stereocenters. The molecule has 2 saturated carbocycles. The molecule has 10 heterocycles. The molecule has 2 amide bonds. The van der Waals surface area contributed by atoms with Crippen molar-refractivity contribution in [2.45, 2.75) is 214 Å². The first-order valence-electron chi connectivity index (χ1n) is 33.1. The Morgan fingerprint density at radius 3 is 1.56 bits per heavy atom. The highest BCUT2D eigenvalue weighted by Crippen LogP contribution is 2.47. The second-order valence-electron chi connectivity index (χ2n) is 28.3. The van der Waals surface area contributed by atoms with Crippen molar-refractivity contribution in [3.63, 3.8) is 0 Å². The van der Waals surface area contributed by atoms with Gasteiger partial charge in [-0.05, 0) is 166 Å². The molecule has 14 rings (SSSR count). The van der Waals surface area contributed by atoms with Crippen LogP contribution in [0, 0.1) is 19.7 Å². The molecule has 6 aromatic heterocycles. The fourth-order valence-electron chi connectivity index (χ4n) is 14.6. The first-order chi connectivity index (χ1) is 46.9. The zero-order valence-corrected chi connectivity index (χ0v) is 59.3. The summed E-state index contributed by atoms with van der Waals surface area (Å²) in [6.45, 7) is 9.43. The molecule has 8 aromatic rings. The molecule has 0 spiro atoms. The zero-order valence-electron chi connectivity index (χ0n) is 56.0. The summed E-state index contributed by atoms with van der Waals surface area (Å²) < 4.78 is 128. The smallest absolute Gasteiger partial charge is 0.333 e. The third-order valence-electron chi connectivity index (χ3n) is 21.1. The number of benzene rings is 2. The van der Waals surface area contributed by atoms with Gasteiger partial charge >= 0.3 is 11.4 Å². The average molecular weight is 1440 g/mol. The van der Waals surface area contributed by atoms with Gasteiger partial charge in [0.2, 0.25) is 31.8 Å². The van der Waals surface area contributed by atoms with Gasteiger partial charge in [0, 0.05) is 17.5 Å². The predicted molar refractivity (Wildman–Crippen MR) is 363 cm³/mol. The van der Waals surface area contributed by atoms with Gasteiger partial charge in [0.1, 0.15) is 62.8 Å². The number of thiophene rings is 2. The molecule has 99 heavy (non-hydrogen) atoms. The number of oxazole rings is 2. The van der Waals surface area contributed by atoms with E-state index in [0.717, 1.165) is 57.5 Å². The van der Waals surface area contributed by atoms with Gasteiger partial charge in [-0.3, -0.25) is 37.8 Å². The summed E-state index contributed by atoms with van der Waals surface area (Å²) in [4.78, 5) is 103. The second kappa shape index (κ2) is 25.2. The van der Waals surface area contributed by atoms with E-state index in [0.29, 0.717) is 65.0 Å². The molecule has 2 N–H and O–H groups in total. The zero-order chi connectivity index (χ0) is 70.2. The third-order valence-corrected chi connectivity index (χ3v) is 28.0. The van der Waals surface area contributed by atoms with Gasteiger partial charge in [0.05, 0.1) is 106 Å². The van der Waals surface area contributed by atoms with Crippen LogP contribution in [0.2, 0.25) is 0 Å². The van der Waals surface area contributed by atoms with E-state index < -0.39 is 112 Å². The summed E-state index contributed by atoms with van der Waals surface area (Å²) in [5.74, 6) is -2.34. The topological polar surface area (TPSA) is 322 Å². The van der Waals surface area contributed by atoms with Gasteiger partial charge in [0.15, 0.2) is 0 Å². The summed E-state index contributed by atoms with van der Waals surface area (Å²) in [5, 5.41) is -0.00826. The van der Waals surface area contributed by atoms with Crippen molar-refractivity contribution in [2.75, 3.05) is 14.2 Å². The molecular formula is C68H77FN8O18S4. The molecule has 4 saturated heterocycles. The molecule has 2 aliphatic carbocycles. The lowest BCUT2D eigenvalue weighted by Crippen LogP contribution is -2.59. The number of nitrogens with one attached hydrogen (secondary N) is 2. The number of amides is 2. The van der Waals surface area contributed by atoms with Crippen LogP contribution in [0.25, 0.3) is 42.0 Å². The minimum absolute atomic E-state index is 0.0212. The Morgan fingerprint density at radius 1 is 0.646 bits per heavy atom. The van der Waals surface area contributed by atoms with Gasteiger partial charge in [-0.1, -0.05) is 12.1 Å². The minimum Gasteiger partial charge on any atom is -0.496 e. The van der Waals surface area contributed by atoms with Crippen molar-refractivity contribution in [1.82, 2.24) is 37.7 Å². The quantitative estimate of drug-likeness (QED) is 0.0572. The van der Waals surface area contributed by atoms with Gasteiger partial charge < -0.3 is 37.3 Å². The lowest BCUT2D eigenvalue weighted by atomic mass is 9.90. The predicted octanol–water partition coefficient (Wildman–Crippen LogP) is 8.47. The maximum absolute atomic E-state index is 16.3. The van der Waals surface area contributed by atoms with E-state index in [1.54, 1.807) is 32.0 Å². The molecule has 4 aliphatic heterocycles. The number of hydrogen-bond acceptors (Lipinski definition) is 22. The summed E-state index contributed by atoms with van der Waals surface area (Å²) in [7, 11) is -5.95. The van der Waals surface area contributed by atoms with Crippen LogP contribution in [0.15, 0.2) is 89.3 Å². The number of hydrogen-bond donors (Lipinski definition) is 2. The van der Waals surface area contributed by atoms with Crippen molar-refractivity contribution in [3.05, 3.63) is 137 Å². The Morgan fingerprint density at radius 2 is 1.10 bits per heavy atom. The van der Waals surface area contributed by atoms with Crippen molar-refractivity contribution in [1.29, 1.82) is 0 Å². The fraction of sp³-hybridized carbons (Fsp3) is 0.529. The van der Waals surface area contributed by atoms with E-state index in [9.17, 15) is 21.6 Å². The SMILES string of the molecule is COc1cc(CC(C)(C(=O)NS(=O)(=O)C2(C)CC2)n2c(=O)c3c(C)c(-c4ncco4)sc3n(C[C@H](O[C@@H]3C[C@H]4CC[C@@H](C3)O4)c3cc(F)ccc3OC)c2=O)ccc1[C@H](Cn1c(=O)n(C(C)(C)C(=O)NS(=O)(=O)C2(C)CC2)c(=O)c2c(C)c(-c3ncco3)sc21)O[C@@H]1C[C@H]2CC[C@@H](C1)O2. The highest BCUT2D eigenvalue weighted by Gasteiger charge is 2.54. The fourth-order valence-corrected chi connectivity index (χ4v) is 19.8. The largest absolute Gasteiger partial charge is 0.496 e. The summed E-state index contributed by atoms with van der Waals surface area (Å²) in [6.07, 6.45) is 7.59. The van der Waals surface area contributed by atoms with E-state index in [-0.39, 0.29) is 105 Å². The Bertz CT molecular complexity index is 5020. The molecule has 6 fully saturated rings. The number of nitrogens with zero attached hydrogens (tertiary/aromatic N) is 6. The van der Waals surface area contributed by atoms with E-state index in [4.69, 9.17) is 37.3 Å². The van der Waals surface area contributed by atoms with E-state index in [2.05, 4.69) is 19.4 Å². The molecule has 0 radical (unpaired) electrons. The summed E-state index contributed by atoms with van der Waals surface area (Å²) in [6, 6.07) is 8.75. The highest BCUT2D eigenvalue weighted by atomic mass is 32.2. The summed E-state index contributed by atoms with van der Waals surface area (Å²) in [5.41, 5.74) is -6.93. The molecule has 528 valence electrons. The molecule has 6 aliphatic rings. The molecule has 4 bridgehead atoms. The molecular weight excluding hydrogens is 1360 g/mol. The lowest BCUT2D eigenvalue weighted by molar-refractivity contribution is -0.128. The number of rotatable bonds is 24. The van der Waals surface area contributed by atoms with Crippen LogP contribution < -0.4 is 41.4 Å². The van der Waals surface area contributed by atoms with Gasteiger partial charge in [-0.15, -0.1) is 22.7 Å². The van der Waals surface area contributed by atoms with E-state index in [1.807, 2.05) is 0 Å². The van der Waals surface area contributed by atoms with Crippen LogP contribution in [0.5, 0.6) is 11.5 Å². The first-order valence-corrected chi connectivity index (χ1v) is 37.7. The van der Waals surface area contributed by atoms with Crippen molar-refractivity contribution < 1.29 is 68.1 Å². The number of methoxy groups -OCH3 is 2. The lowest BCUT2D eigenvalue weighted by Gasteiger charge is -2.34. The minimum atomic E-state index is -4.49. The number of carbonyl (C=O) groups is 2. The van der Waals surface area contributed by atoms with E-state index >= 15 is 28.4 Å². The van der Waals surface area contributed by atoms with Crippen LogP contribution in [0.1, 0.15) is 152 Å². The molecule has 26 nitrogen and oxygen atoms in total. The Balaban J connectivity index is 0.921. The van der Waals surface area contributed by atoms with Crippen LogP contribution in [0.4, 0.5) is 4.39 Å². The van der Waals surface area contributed by atoms with Crippen LogP contribution in [0.3, 0.4) is 0 Å². The van der Waals surface area contributed by atoms with E-state index in [1.165, 1.54) is 101 Å². The molecule has 2 aromatic carbocycles. The number of ether oxygens (including phenoxy) is 6. The van der Waals surface area contributed by atoms with Gasteiger partial charge in [0.25, 0.3) is 22.9 Å². The monoisotopic (exact) mass is 1440 g/mol. The van der Waals surface area contributed by atoms with Gasteiger partial charge in [-0.2, -0.15) is 0 Å². The number of halogens is 1. The normalized spacial score (nSPS) is 22.8. The third kappa shape index (κ3) is 12.1. The Labute approximate surface area is 575 Å². The number of fused-ring (bicyclic) bond motifs is 6. The van der Waals surface area contributed by atoms with Crippen LogP contribution in [-0.4, -0.2) is 117 Å². The average Bonchev–Trinajstić information content (AvgIpc) is 1.72. The van der Waals surface area contributed by atoms with Crippen LogP contribution in [-0.2, 0) is 79.2 Å². The van der Waals surface area contributed by atoms with Crippen molar-refractivity contribution in [3.8, 4) is 33.0 Å². The maximum Gasteiger partial charge on any atom is 0.333 e. The van der Waals surface area contributed by atoms with Crippen molar-refractivity contribution >= 4 is 75.0 Å².